The number of fused-ring (bicyclic) bond motifs is 1. The van der Waals surface area contributed by atoms with Crippen molar-refractivity contribution in [3.63, 3.8) is 0 Å². The van der Waals surface area contributed by atoms with E-state index in [1.54, 1.807) is 17.4 Å². The van der Waals surface area contributed by atoms with Crippen molar-refractivity contribution in [2.75, 3.05) is 31.9 Å². The van der Waals surface area contributed by atoms with Crippen LogP contribution in [-0.2, 0) is 10.0 Å². The smallest absolute Gasteiger partial charge is 0.253 e. The third-order valence-electron chi connectivity index (χ3n) is 6.76. The third kappa shape index (κ3) is 4.54. The molecule has 0 aliphatic carbocycles. The van der Waals surface area contributed by atoms with Gasteiger partial charge < -0.3 is 14.2 Å². The van der Waals surface area contributed by atoms with Crippen molar-refractivity contribution in [1.29, 1.82) is 0 Å². The fraction of sp³-hybridized carbons (Fsp3) is 0.440. The summed E-state index contributed by atoms with van der Waals surface area (Å²) in [6, 6.07) is 11.6. The highest BCUT2D eigenvalue weighted by atomic mass is 32.2. The van der Waals surface area contributed by atoms with E-state index in [0.29, 0.717) is 31.7 Å². The van der Waals surface area contributed by atoms with E-state index in [9.17, 15) is 13.2 Å². The van der Waals surface area contributed by atoms with Gasteiger partial charge in [0.15, 0.2) is 0 Å². The van der Waals surface area contributed by atoms with Crippen molar-refractivity contribution >= 4 is 26.8 Å². The molecule has 2 aromatic heterocycles. The van der Waals surface area contributed by atoms with Crippen LogP contribution in [0.3, 0.4) is 0 Å². The number of sulfonamides is 1. The van der Waals surface area contributed by atoms with Gasteiger partial charge >= 0.3 is 0 Å². The molecule has 0 radical (unpaired) electrons. The molecule has 3 aromatic rings. The quantitative estimate of drug-likeness (QED) is 0.537. The lowest BCUT2D eigenvalue weighted by molar-refractivity contribution is 0.0793. The Bertz CT molecular complexity index is 1270. The number of likely N-dealkylation sites (tertiary alicyclic amines) is 1. The normalized spacial score (nSPS) is 18.0. The molecule has 0 bridgehead atoms. The van der Waals surface area contributed by atoms with Crippen molar-refractivity contribution in [3.8, 4) is 11.6 Å². The molecule has 0 spiro atoms. The number of aromatic nitrogens is 2. The van der Waals surface area contributed by atoms with Crippen LogP contribution in [0.4, 0.5) is 0 Å². The summed E-state index contributed by atoms with van der Waals surface area (Å²) in [6.07, 6.45) is 7.15. The van der Waals surface area contributed by atoms with Crippen LogP contribution in [-0.4, -0.2) is 71.1 Å². The van der Waals surface area contributed by atoms with Gasteiger partial charge in [-0.2, -0.15) is 0 Å². The second-order valence-electron chi connectivity index (χ2n) is 8.93. The molecule has 8 nitrogen and oxygen atoms in total. The van der Waals surface area contributed by atoms with Crippen LogP contribution in [0, 0.1) is 0 Å². The number of pyridine rings is 1. The Hall–Kier alpha value is -2.91. The van der Waals surface area contributed by atoms with Gasteiger partial charge in [-0.3, -0.25) is 4.79 Å². The molecule has 2 aliphatic rings. The summed E-state index contributed by atoms with van der Waals surface area (Å²) in [7, 11) is -3.14. The lowest BCUT2D eigenvalue weighted by Crippen LogP contribution is -2.42. The van der Waals surface area contributed by atoms with Crippen molar-refractivity contribution in [1.82, 2.24) is 18.8 Å². The maximum absolute atomic E-state index is 12.7. The van der Waals surface area contributed by atoms with Crippen molar-refractivity contribution in [2.45, 2.75) is 38.7 Å². The van der Waals surface area contributed by atoms with Gasteiger partial charge in [-0.15, -0.1) is 0 Å². The minimum absolute atomic E-state index is 0.0186. The number of carbonyl (C=O) groups is 1. The molecule has 5 rings (SSSR count). The topological polar surface area (TPSA) is 84.7 Å². The highest BCUT2D eigenvalue weighted by Gasteiger charge is 2.27. The van der Waals surface area contributed by atoms with Crippen LogP contribution >= 0.6 is 0 Å². The maximum atomic E-state index is 12.7. The molecule has 0 unspecified atom stereocenters. The zero-order valence-electron chi connectivity index (χ0n) is 19.4. The first kappa shape index (κ1) is 22.9. The Morgan fingerprint density at radius 2 is 1.82 bits per heavy atom. The fourth-order valence-electron chi connectivity index (χ4n) is 4.77. The fourth-order valence-corrected chi connectivity index (χ4v) is 5.90. The zero-order chi connectivity index (χ0) is 23.7. The van der Waals surface area contributed by atoms with Gasteiger partial charge in [0.1, 0.15) is 17.7 Å². The van der Waals surface area contributed by atoms with Crippen molar-refractivity contribution in [3.05, 3.63) is 54.4 Å². The van der Waals surface area contributed by atoms with Crippen LogP contribution < -0.4 is 4.74 Å². The summed E-state index contributed by atoms with van der Waals surface area (Å²) < 4.78 is 33.7. The van der Waals surface area contributed by atoms with Crippen LogP contribution in [0.2, 0.25) is 0 Å². The first-order valence-corrected chi connectivity index (χ1v) is 13.6. The predicted octanol–water partition coefficient (Wildman–Crippen LogP) is 3.45. The van der Waals surface area contributed by atoms with Crippen molar-refractivity contribution < 1.29 is 17.9 Å². The van der Waals surface area contributed by atoms with Crippen LogP contribution in [0.1, 0.15) is 43.0 Å². The standard InChI is InChI=1S/C25H30N4O4S/c1-2-34(31,32)28-14-10-21(11-15-28)33-22-6-8-24(26-18-22)29-16-9-19-17-20(5-7-23(19)29)25(30)27-12-3-4-13-27/h5-9,16-18,21H,2-4,10-15H2,1H3. The van der Waals surface area contributed by atoms with Crippen LogP contribution in [0.5, 0.6) is 5.75 Å². The van der Waals surface area contributed by atoms with E-state index in [-0.39, 0.29) is 17.8 Å². The third-order valence-corrected chi connectivity index (χ3v) is 8.64. The lowest BCUT2D eigenvalue weighted by Gasteiger charge is -2.31. The van der Waals surface area contributed by atoms with E-state index in [0.717, 1.165) is 48.2 Å². The first-order valence-electron chi connectivity index (χ1n) is 12.0. The molecular formula is C25H30N4O4S. The largest absolute Gasteiger partial charge is 0.489 e. The van der Waals surface area contributed by atoms with E-state index < -0.39 is 10.0 Å². The van der Waals surface area contributed by atoms with E-state index in [4.69, 9.17) is 4.74 Å². The summed E-state index contributed by atoms with van der Waals surface area (Å²) >= 11 is 0. The lowest BCUT2D eigenvalue weighted by atomic mass is 10.1. The number of piperidine rings is 1. The Kier molecular flexibility index (Phi) is 6.31. The summed E-state index contributed by atoms with van der Waals surface area (Å²) in [5, 5.41) is 1.00. The van der Waals surface area contributed by atoms with Gasteiger partial charge in [0.2, 0.25) is 10.0 Å². The number of carbonyl (C=O) groups excluding carboxylic acids is 1. The zero-order valence-corrected chi connectivity index (χ0v) is 20.2. The molecule has 2 fully saturated rings. The Labute approximate surface area is 200 Å². The van der Waals surface area contributed by atoms with Gasteiger partial charge in [0.25, 0.3) is 5.91 Å². The number of nitrogens with zero attached hydrogens (tertiary/aromatic N) is 4. The molecule has 1 aromatic carbocycles. The summed E-state index contributed by atoms with van der Waals surface area (Å²) in [5.41, 5.74) is 1.71. The number of hydrogen-bond acceptors (Lipinski definition) is 5. The van der Waals surface area contributed by atoms with E-state index >= 15 is 0 Å². The van der Waals surface area contributed by atoms with Crippen molar-refractivity contribution in [2.24, 2.45) is 0 Å². The van der Waals surface area contributed by atoms with E-state index in [1.165, 1.54) is 0 Å². The van der Waals surface area contributed by atoms with Gasteiger partial charge in [-0.1, -0.05) is 0 Å². The monoisotopic (exact) mass is 482 g/mol. The number of hydrogen-bond donors (Lipinski definition) is 0. The molecule has 0 N–H and O–H groups in total. The number of amides is 1. The summed E-state index contributed by atoms with van der Waals surface area (Å²) in [6.45, 7) is 4.33. The minimum atomic E-state index is -3.14. The second-order valence-corrected chi connectivity index (χ2v) is 11.2. The second kappa shape index (κ2) is 9.38. The van der Waals surface area contributed by atoms with E-state index in [2.05, 4.69) is 4.98 Å². The van der Waals surface area contributed by atoms with Gasteiger partial charge in [0.05, 0.1) is 17.5 Å². The summed E-state index contributed by atoms with van der Waals surface area (Å²) in [5.74, 6) is 1.68. The first-order chi connectivity index (χ1) is 16.4. The average Bonchev–Trinajstić information content (AvgIpc) is 3.55. The maximum Gasteiger partial charge on any atom is 0.253 e. The molecule has 4 heterocycles. The Balaban J connectivity index is 1.25. The Morgan fingerprint density at radius 1 is 1.06 bits per heavy atom. The molecule has 180 valence electrons. The molecule has 0 atom stereocenters. The minimum Gasteiger partial charge on any atom is -0.489 e. The van der Waals surface area contributed by atoms with Crippen LogP contribution in [0.25, 0.3) is 16.7 Å². The van der Waals surface area contributed by atoms with Gasteiger partial charge in [-0.05, 0) is 69.0 Å². The number of ether oxygens (including phenoxy) is 1. The van der Waals surface area contributed by atoms with E-state index in [1.807, 2.05) is 52.1 Å². The predicted molar refractivity (Wildman–Crippen MR) is 131 cm³/mol. The molecule has 2 saturated heterocycles. The molecule has 2 aliphatic heterocycles. The number of rotatable bonds is 6. The van der Waals surface area contributed by atoms with Gasteiger partial charge in [0, 0.05) is 43.3 Å². The molecular weight excluding hydrogens is 452 g/mol. The molecule has 0 saturated carbocycles. The average molecular weight is 483 g/mol. The SMILES string of the molecule is CCS(=O)(=O)N1CCC(Oc2ccc(-n3ccc4cc(C(=O)N5CCCC5)ccc43)nc2)CC1. The molecule has 34 heavy (non-hydrogen) atoms. The molecule has 9 heteroatoms. The van der Waals surface area contributed by atoms with Crippen LogP contribution in [0.15, 0.2) is 48.8 Å². The van der Waals surface area contributed by atoms with Gasteiger partial charge in [-0.25, -0.2) is 17.7 Å². The highest BCUT2D eigenvalue weighted by Crippen LogP contribution is 2.25. The Morgan fingerprint density at radius 3 is 2.50 bits per heavy atom. The summed E-state index contributed by atoms with van der Waals surface area (Å²) in [4.78, 5) is 19.2. The molecule has 1 amide bonds. The number of benzene rings is 1. The highest BCUT2D eigenvalue weighted by molar-refractivity contribution is 7.89.